The van der Waals surface area contributed by atoms with Gasteiger partial charge in [0, 0.05) is 17.8 Å². The van der Waals surface area contributed by atoms with E-state index in [1.807, 2.05) is 6.07 Å². The molecule has 2 aliphatic rings. The minimum Gasteiger partial charge on any atom is -0.345 e. The molecule has 0 bridgehead atoms. The van der Waals surface area contributed by atoms with Crippen LogP contribution in [-0.2, 0) is 14.2 Å². The molecule has 4 unspecified atom stereocenters. The first-order chi connectivity index (χ1) is 13.3. The van der Waals surface area contributed by atoms with Crippen LogP contribution in [-0.4, -0.2) is 39.4 Å². The molecule has 1 aromatic carbocycles. The van der Waals surface area contributed by atoms with Crippen LogP contribution in [0.15, 0.2) is 64.3 Å². The number of nitrogens with zero attached hydrogens (tertiary/aromatic N) is 1. The molecule has 8 heteroatoms. The van der Waals surface area contributed by atoms with Crippen LogP contribution >= 0.6 is 0 Å². The van der Waals surface area contributed by atoms with E-state index in [2.05, 4.69) is 4.98 Å². The smallest absolute Gasteiger partial charge is 0.330 e. The van der Waals surface area contributed by atoms with E-state index in [4.69, 9.17) is 14.2 Å². The molecule has 0 saturated carbocycles. The zero-order chi connectivity index (χ0) is 19.9. The first kappa shape index (κ1) is 18.5. The second-order valence-electron chi connectivity index (χ2n) is 7.16. The highest BCUT2D eigenvalue weighted by Gasteiger charge is 2.55. The molecule has 2 aromatic rings. The molecule has 8 nitrogen and oxygen atoms in total. The third-order valence-electron chi connectivity index (χ3n) is 4.69. The highest BCUT2D eigenvalue weighted by Crippen LogP contribution is 2.42. The summed E-state index contributed by atoms with van der Waals surface area (Å²) in [6.07, 6.45) is 1.96. The van der Waals surface area contributed by atoms with Crippen LogP contribution in [0.5, 0.6) is 0 Å². The van der Waals surface area contributed by atoms with Gasteiger partial charge in [-0.3, -0.25) is 19.1 Å². The molecular weight excluding hydrogens is 364 g/mol. The Morgan fingerprint density at radius 2 is 1.82 bits per heavy atom. The molecule has 2 fully saturated rings. The van der Waals surface area contributed by atoms with Gasteiger partial charge in [0.2, 0.25) is 0 Å². The molecule has 0 spiro atoms. The molecule has 0 radical (unpaired) electrons. The van der Waals surface area contributed by atoms with E-state index in [1.165, 1.54) is 22.9 Å². The van der Waals surface area contributed by atoms with Gasteiger partial charge < -0.3 is 14.2 Å². The number of benzene rings is 1. The summed E-state index contributed by atoms with van der Waals surface area (Å²) in [5.74, 6) is -1.03. The SMILES string of the molecule is CC1(C)OC2C(C=CC(=O)c3ccccc3)OC(n3ccc(=O)[nH]c3=O)C2O1. The number of allylic oxidation sites excluding steroid dienone is 1. The van der Waals surface area contributed by atoms with Crippen molar-refractivity contribution in [1.82, 2.24) is 9.55 Å². The fourth-order valence-electron chi connectivity index (χ4n) is 3.49. The van der Waals surface area contributed by atoms with Gasteiger partial charge in [-0.25, -0.2) is 4.79 Å². The van der Waals surface area contributed by atoms with Gasteiger partial charge >= 0.3 is 5.69 Å². The molecule has 0 amide bonds. The molecule has 146 valence electrons. The summed E-state index contributed by atoms with van der Waals surface area (Å²) < 4.78 is 19.1. The van der Waals surface area contributed by atoms with E-state index >= 15 is 0 Å². The molecule has 2 saturated heterocycles. The van der Waals surface area contributed by atoms with Gasteiger partial charge in [0.15, 0.2) is 17.8 Å². The van der Waals surface area contributed by atoms with Crippen LogP contribution in [0, 0.1) is 0 Å². The topological polar surface area (TPSA) is 99.6 Å². The first-order valence-corrected chi connectivity index (χ1v) is 8.94. The Balaban J connectivity index is 1.62. The van der Waals surface area contributed by atoms with Crippen molar-refractivity contribution in [3.05, 3.63) is 81.1 Å². The van der Waals surface area contributed by atoms with Crippen molar-refractivity contribution in [2.24, 2.45) is 0 Å². The molecular formula is C20H20N2O6. The molecule has 1 N–H and O–H groups in total. The number of H-pyrrole nitrogens is 1. The van der Waals surface area contributed by atoms with Gasteiger partial charge in [0.25, 0.3) is 5.56 Å². The van der Waals surface area contributed by atoms with Crippen molar-refractivity contribution in [3.8, 4) is 0 Å². The number of fused-ring (bicyclic) bond motifs is 1. The van der Waals surface area contributed by atoms with Crippen molar-refractivity contribution in [3.63, 3.8) is 0 Å². The van der Waals surface area contributed by atoms with Gasteiger partial charge in [-0.15, -0.1) is 0 Å². The van der Waals surface area contributed by atoms with Gasteiger partial charge in [0.05, 0.1) is 0 Å². The minimum atomic E-state index is -0.862. The molecule has 28 heavy (non-hydrogen) atoms. The number of aromatic nitrogens is 2. The molecule has 2 aliphatic heterocycles. The largest absolute Gasteiger partial charge is 0.345 e. The Morgan fingerprint density at radius 1 is 1.11 bits per heavy atom. The summed E-state index contributed by atoms with van der Waals surface area (Å²) in [5, 5.41) is 0. The van der Waals surface area contributed by atoms with Crippen molar-refractivity contribution in [2.75, 3.05) is 0 Å². The van der Waals surface area contributed by atoms with Crippen molar-refractivity contribution in [2.45, 2.75) is 44.2 Å². The van der Waals surface area contributed by atoms with Gasteiger partial charge in [-0.05, 0) is 26.0 Å². The van der Waals surface area contributed by atoms with Gasteiger partial charge in [-0.2, -0.15) is 0 Å². The number of nitrogens with one attached hydrogen (secondary N) is 1. The average molecular weight is 384 g/mol. The third kappa shape index (κ3) is 3.49. The lowest BCUT2D eigenvalue weighted by atomic mass is 10.1. The van der Waals surface area contributed by atoms with Crippen molar-refractivity contribution >= 4 is 5.78 Å². The second kappa shape index (κ2) is 6.97. The van der Waals surface area contributed by atoms with Crippen molar-refractivity contribution < 1.29 is 19.0 Å². The number of ether oxygens (including phenoxy) is 3. The van der Waals surface area contributed by atoms with Crippen LogP contribution in [0.3, 0.4) is 0 Å². The Morgan fingerprint density at radius 3 is 2.54 bits per heavy atom. The van der Waals surface area contributed by atoms with Crippen LogP contribution in [0.1, 0.15) is 30.4 Å². The maximum Gasteiger partial charge on any atom is 0.330 e. The normalized spacial score (nSPS) is 28.5. The number of hydrogen-bond acceptors (Lipinski definition) is 6. The quantitative estimate of drug-likeness (QED) is 0.632. The van der Waals surface area contributed by atoms with E-state index in [-0.39, 0.29) is 5.78 Å². The summed E-state index contributed by atoms with van der Waals surface area (Å²) in [6.45, 7) is 3.54. The van der Waals surface area contributed by atoms with E-state index in [0.717, 1.165) is 0 Å². The van der Waals surface area contributed by atoms with Crippen LogP contribution in [0.4, 0.5) is 0 Å². The van der Waals surface area contributed by atoms with E-state index in [9.17, 15) is 14.4 Å². The van der Waals surface area contributed by atoms with E-state index in [1.54, 1.807) is 44.2 Å². The zero-order valence-electron chi connectivity index (χ0n) is 15.4. The molecule has 1 aromatic heterocycles. The van der Waals surface area contributed by atoms with Crippen LogP contribution in [0.25, 0.3) is 0 Å². The summed E-state index contributed by atoms with van der Waals surface area (Å²) in [7, 11) is 0. The monoisotopic (exact) mass is 384 g/mol. The standard InChI is InChI=1S/C20H20N2O6/c1-20(2)27-16-14(9-8-13(23)12-6-4-3-5-7-12)26-18(17(16)28-20)22-11-10-15(24)21-19(22)25/h3-11,14,16-18H,1-2H3,(H,21,24,25). The predicted molar refractivity (Wildman–Crippen MR) is 99.0 cm³/mol. The van der Waals surface area contributed by atoms with Gasteiger partial charge in [-0.1, -0.05) is 30.3 Å². The zero-order valence-corrected chi connectivity index (χ0v) is 15.4. The number of hydrogen-bond donors (Lipinski definition) is 1. The maximum absolute atomic E-state index is 12.4. The van der Waals surface area contributed by atoms with E-state index < -0.39 is 41.6 Å². The fraction of sp³-hybridized carbons (Fsp3) is 0.350. The van der Waals surface area contributed by atoms with Gasteiger partial charge in [0.1, 0.15) is 18.3 Å². The Hall–Kier alpha value is -2.81. The third-order valence-corrected chi connectivity index (χ3v) is 4.69. The lowest BCUT2D eigenvalue weighted by Gasteiger charge is -2.24. The number of ketones is 1. The Labute approximate surface area is 160 Å². The molecule has 0 aliphatic carbocycles. The highest BCUT2D eigenvalue weighted by atomic mass is 16.8. The highest BCUT2D eigenvalue weighted by molar-refractivity contribution is 6.04. The summed E-state index contributed by atoms with van der Waals surface area (Å²) in [6, 6.07) is 10.1. The minimum absolute atomic E-state index is 0.163. The van der Waals surface area contributed by atoms with E-state index in [0.29, 0.717) is 5.56 Å². The molecule has 4 atom stereocenters. The van der Waals surface area contributed by atoms with Crippen molar-refractivity contribution in [1.29, 1.82) is 0 Å². The number of carbonyl (C=O) groups excluding carboxylic acids is 1. The number of aromatic amines is 1. The second-order valence-corrected chi connectivity index (χ2v) is 7.16. The number of carbonyl (C=O) groups is 1. The lowest BCUT2D eigenvalue weighted by Crippen LogP contribution is -2.37. The molecule has 4 rings (SSSR count). The fourth-order valence-corrected chi connectivity index (χ4v) is 3.49. The lowest BCUT2D eigenvalue weighted by molar-refractivity contribution is -0.192. The predicted octanol–water partition coefficient (Wildman–Crippen LogP) is 1.39. The van der Waals surface area contributed by atoms with Crippen LogP contribution < -0.4 is 11.2 Å². The first-order valence-electron chi connectivity index (χ1n) is 8.94. The summed E-state index contributed by atoms with van der Waals surface area (Å²) in [5.41, 5.74) is -0.537. The van der Waals surface area contributed by atoms with Crippen LogP contribution in [0.2, 0.25) is 0 Å². The maximum atomic E-state index is 12.4. The summed E-state index contributed by atoms with van der Waals surface area (Å²) in [4.78, 5) is 38.1. The Bertz CT molecular complexity index is 1020. The number of rotatable bonds is 4. The Kier molecular flexibility index (Phi) is 4.62. The average Bonchev–Trinajstić information content (AvgIpc) is 3.14. The summed E-state index contributed by atoms with van der Waals surface area (Å²) >= 11 is 0. The molecule has 3 heterocycles.